The first-order valence-corrected chi connectivity index (χ1v) is 6.08. The molecule has 0 amide bonds. The van der Waals surface area contributed by atoms with E-state index in [9.17, 15) is 0 Å². The molecule has 1 fully saturated rings. The predicted octanol–water partition coefficient (Wildman–Crippen LogP) is 1.43. The molecule has 3 heterocycles. The van der Waals surface area contributed by atoms with Crippen molar-refractivity contribution in [3.8, 4) is 0 Å². The molecule has 15 heavy (non-hydrogen) atoms. The van der Waals surface area contributed by atoms with Crippen molar-refractivity contribution in [3.05, 3.63) is 10.8 Å². The van der Waals surface area contributed by atoms with Crippen LogP contribution in [0.2, 0.25) is 0 Å². The number of hydrogen-bond acceptors (Lipinski definition) is 5. The van der Waals surface area contributed by atoms with Crippen molar-refractivity contribution in [2.24, 2.45) is 0 Å². The number of halogens is 1. The van der Waals surface area contributed by atoms with Crippen LogP contribution in [0.25, 0.3) is 4.96 Å². The second-order valence-corrected chi connectivity index (χ2v) is 4.75. The molecule has 1 saturated heterocycles. The van der Waals surface area contributed by atoms with Gasteiger partial charge >= 0.3 is 0 Å². The topological polar surface area (TPSA) is 52.3 Å². The Morgan fingerprint density at radius 1 is 1.53 bits per heavy atom. The van der Waals surface area contributed by atoms with Gasteiger partial charge in [-0.15, -0.1) is 21.8 Å². The molecule has 1 aliphatic rings. The van der Waals surface area contributed by atoms with Crippen LogP contribution in [0.1, 0.15) is 23.2 Å². The van der Waals surface area contributed by atoms with Crippen molar-refractivity contribution < 1.29 is 4.74 Å². The van der Waals surface area contributed by atoms with Gasteiger partial charge in [0.15, 0.2) is 5.82 Å². The second kappa shape index (κ2) is 3.70. The molecular formula is C8H9ClN4OS. The van der Waals surface area contributed by atoms with E-state index in [1.54, 1.807) is 4.52 Å². The number of rotatable bonds is 2. The molecule has 0 saturated carbocycles. The van der Waals surface area contributed by atoms with Crippen LogP contribution < -0.4 is 0 Å². The van der Waals surface area contributed by atoms with Gasteiger partial charge in [-0.3, -0.25) is 0 Å². The number of ether oxygens (including phenoxy) is 1. The predicted molar refractivity (Wildman–Crippen MR) is 56.4 cm³/mol. The maximum atomic E-state index is 5.73. The first-order valence-electron chi connectivity index (χ1n) is 4.73. The zero-order valence-corrected chi connectivity index (χ0v) is 9.46. The molecule has 1 atom stereocenters. The van der Waals surface area contributed by atoms with E-state index in [0.29, 0.717) is 18.4 Å². The summed E-state index contributed by atoms with van der Waals surface area (Å²) in [6.45, 7) is 1.51. The Balaban J connectivity index is 2.05. The molecule has 0 N–H and O–H groups in total. The Hall–Kier alpha value is -0.720. The Bertz CT molecular complexity index is 476. The zero-order chi connectivity index (χ0) is 10.3. The van der Waals surface area contributed by atoms with Crippen LogP contribution in [-0.2, 0) is 10.6 Å². The van der Waals surface area contributed by atoms with Crippen LogP contribution in [0.15, 0.2) is 0 Å². The van der Waals surface area contributed by atoms with Crippen molar-refractivity contribution in [3.63, 3.8) is 0 Å². The summed E-state index contributed by atoms with van der Waals surface area (Å²) in [6, 6.07) is 0. The summed E-state index contributed by atoms with van der Waals surface area (Å²) < 4.78 is 7.12. The molecule has 7 heteroatoms. The fourth-order valence-corrected chi connectivity index (χ4v) is 2.63. The van der Waals surface area contributed by atoms with E-state index in [2.05, 4.69) is 15.3 Å². The van der Waals surface area contributed by atoms with Crippen molar-refractivity contribution in [2.75, 3.05) is 13.2 Å². The number of alkyl halides is 1. The quantitative estimate of drug-likeness (QED) is 0.750. The lowest BCUT2D eigenvalue weighted by molar-refractivity contribution is 0.193. The third kappa shape index (κ3) is 1.53. The van der Waals surface area contributed by atoms with Gasteiger partial charge in [-0.05, 0) is 6.42 Å². The molecule has 1 aliphatic heterocycles. The van der Waals surface area contributed by atoms with Crippen molar-refractivity contribution in [1.29, 1.82) is 0 Å². The normalized spacial score (nSPS) is 21.5. The minimum absolute atomic E-state index is 0.324. The van der Waals surface area contributed by atoms with E-state index in [1.807, 2.05) is 0 Å². The van der Waals surface area contributed by atoms with E-state index in [1.165, 1.54) is 11.3 Å². The third-order valence-electron chi connectivity index (χ3n) is 2.47. The Kier molecular flexibility index (Phi) is 2.34. The molecule has 5 nitrogen and oxygen atoms in total. The summed E-state index contributed by atoms with van der Waals surface area (Å²) in [5.74, 6) is 1.65. The minimum atomic E-state index is 0.324. The molecule has 0 aromatic carbocycles. The highest BCUT2D eigenvalue weighted by molar-refractivity contribution is 7.16. The Morgan fingerprint density at radius 2 is 2.47 bits per heavy atom. The first kappa shape index (κ1) is 9.50. The lowest BCUT2D eigenvalue weighted by Gasteiger charge is -2.01. The Labute approximate surface area is 95.0 Å². The molecule has 0 radical (unpaired) electrons. The monoisotopic (exact) mass is 244 g/mol. The fourth-order valence-electron chi connectivity index (χ4n) is 1.72. The van der Waals surface area contributed by atoms with Crippen LogP contribution in [0.4, 0.5) is 0 Å². The van der Waals surface area contributed by atoms with Crippen molar-refractivity contribution in [1.82, 2.24) is 19.8 Å². The summed E-state index contributed by atoms with van der Waals surface area (Å²) in [5, 5.41) is 13.5. The van der Waals surface area contributed by atoms with Gasteiger partial charge in [0, 0.05) is 12.5 Å². The lowest BCUT2D eigenvalue weighted by Crippen LogP contribution is -2.04. The van der Waals surface area contributed by atoms with Gasteiger partial charge in [0.25, 0.3) is 0 Å². The summed E-state index contributed by atoms with van der Waals surface area (Å²) in [6.07, 6.45) is 0.995. The lowest BCUT2D eigenvalue weighted by atomic mass is 10.1. The standard InChI is InChI=1S/C8H9ClN4OS/c9-3-6-12-13-7(5-1-2-14-4-5)10-11-8(13)15-6/h5H,1-4H2. The van der Waals surface area contributed by atoms with E-state index in [0.717, 1.165) is 28.8 Å². The van der Waals surface area contributed by atoms with Gasteiger partial charge in [-0.1, -0.05) is 11.3 Å². The molecule has 0 spiro atoms. The largest absolute Gasteiger partial charge is 0.381 e. The third-order valence-corrected chi connectivity index (χ3v) is 3.78. The first-order chi connectivity index (χ1) is 7.38. The zero-order valence-electron chi connectivity index (χ0n) is 7.89. The SMILES string of the molecule is ClCc1nn2c(C3CCOC3)nnc2s1. The summed E-state index contributed by atoms with van der Waals surface area (Å²) >= 11 is 7.21. The Morgan fingerprint density at radius 3 is 3.20 bits per heavy atom. The maximum absolute atomic E-state index is 5.73. The van der Waals surface area contributed by atoms with Crippen LogP contribution >= 0.6 is 22.9 Å². The van der Waals surface area contributed by atoms with Crippen LogP contribution in [0.3, 0.4) is 0 Å². The maximum Gasteiger partial charge on any atom is 0.234 e. The highest BCUT2D eigenvalue weighted by Gasteiger charge is 2.24. The smallest absolute Gasteiger partial charge is 0.234 e. The summed E-state index contributed by atoms with van der Waals surface area (Å²) in [4.78, 5) is 0.813. The highest BCUT2D eigenvalue weighted by Crippen LogP contribution is 2.25. The number of nitrogens with zero attached hydrogens (tertiary/aromatic N) is 4. The average Bonchev–Trinajstić information content (AvgIpc) is 2.92. The van der Waals surface area contributed by atoms with Gasteiger partial charge < -0.3 is 4.74 Å². The average molecular weight is 245 g/mol. The van der Waals surface area contributed by atoms with E-state index in [-0.39, 0.29) is 0 Å². The van der Waals surface area contributed by atoms with Gasteiger partial charge in [-0.2, -0.15) is 9.61 Å². The van der Waals surface area contributed by atoms with E-state index < -0.39 is 0 Å². The van der Waals surface area contributed by atoms with Gasteiger partial charge in [0.1, 0.15) is 5.01 Å². The fraction of sp³-hybridized carbons (Fsp3) is 0.625. The number of aromatic nitrogens is 4. The summed E-state index contributed by atoms with van der Waals surface area (Å²) in [7, 11) is 0. The van der Waals surface area contributed by atoms with Crippen LogP contribution in [0.5, 0.6) is 0 Å². The van der Waals surface area contributed by atoms with Crippen molar-refractivity contribution in [2.45, 2.75) is 18.2 Å². The molecule has 1 unspecified atom stereocenters. The number of fused-ring (bicyclic) bond motifs is 1. The van der Waals surface area contributed by atoms with Crippen molar-refractivity contribution >= 4 is 27.9 Å². The highest BCUT2D eigenvalue weighted by atomic mass is 35.5. The van der Waals surface area contributed by atoms with Gasteiger partial charge in [-0.25, -0.2) is 0 Å². The second-order valence-electron chi connectivity index (χ2n) is 3.44. The molecular weight excluding hydrogens is 236 g/mol. The van der Waals surface area contributed by atoms with Gasteiger partial charge in [0.05, 0.1) is 12.5 Å². The molecule has 0 aliphatic carbocycles. The molecule has 80 valence electrons. The van der Waals surface area contributed by atoms with Gasteiger partial charge in [0.2, 0.25) is 4.96 Å². The van der Waals surface area contributed by atoms with E-state index >= 15 is 0 Å². The number of hydrogen-bond donors (Lipinski definition) is 0. The molecule has 2 aromatic heterocycles. The van der Waals surface area contributed by atoms with E-state index in [4.69, 9.17) is 16.3 Å². The van der Waals surface area contributed by atoms with Crippen LogP contribution in [-0.4, -0.2) is 33.0 Å². The molecule has 3 rings (SSSR count). The molecule has 0 bridgehead atoms. The molecule has 2 aromatic rings. The summed E-state index contributed by atoms with van der Waals surface area (Å²) in [5.41, 5.74) is 0. The van der Waals surface area contributed by atoms with Crippen LogP contribution in [0, 0.1) is 0 Å². The minimum Gasteiger partial charge on any atom is -0.381 e.